The molecule has 11 heteroatoms. The van der Waals surface area contributed by atoms with E-state index in [1.54, 1.807) is 0 Å². The lowest BCUT2D eigenvalue weighted by molar-refractivity contribution is -0.174. The number of amides is 1. The molecule has 1 aliphatic heterocycles. The highest BCUT2D eigenvalue weighted by molar-refractivity contribution is 6.07. The molecule has 1 aromatic carbocycles. The Labute approximate surface area is 160 Å². The topological polar surface area (TPSA) is 72.1 Å². The lowest BCUT2D eigenvalue weighted by Crippen LogP contribution is -2.36. The zero-order valence-electron chi connectivity index (χ0n) is 14.5. The summed E-state index contributed by atoms with van der Waals surface area (Å²) in [5.74, 6) is -2.67. The standard InChI is InChI=1S/C18H13F5N4O2/c19-9-3-4-12(11(20)6-9)26-17(28)10-8-24-27-15(18(21,22)23)7-13(25-16(10)27)14-2-1-5-29-14/h1-6,8,13,15,25H,7H2,(H,26,28)/t13-,15+/m1/s1. The van der Waals surface area contributed by atoms with Gasteiger partial charge in [-0.15, -0.1) is 0 Å². The predicted octanol–water partition coefficient (Wildman–Crippen LogP) is 4.67. The van der Waals surface area contributed by atoms with E-state index >= 15 is 0 Å². The highest BCUT2D eigenvalue weighted by Crippen LogP contribution is 2.44. The van der Waals surface area contributed by atoms with Gasteiger partial charge in [-0.3, -0.25) is 4.79 Å². The summed E-state index contributed by atoms with van der Waals surface area (Å²) in [5.41, 5.74) is -0.540. The van der Waals surface area contributed by atoms with Crippen LogP contribution < -0.4 is 10.6 Å². The normalized spacial score (nSPS) is 18.8. The molecular formula is C18H13F5N4O2. The van der Waals surface area contributed by atoms with E-state index in [4.69, 9.17) is 4.42 Å². The van der Waals surface area contributed by atoms with E-state index in [-0.39, 0.29) is 29.2 Å². The number of halogens is 5. The van der Waals surface area contributed by atoms with Crippen molar-refractivity contribution in [3.8, 4) is 0 Å². The molecule has 1 amide bonds. The number of carbonyl (C=O) groups is 1. The van der Waals surface area contributed by atoms with Crippen LogP contribution in [0.5, 0.6) is 0 Å². The summed E-state index contributed by atoms with van der Waals surface area (Å²) in [7, 11) is 0. The second-order valence-corrected chi connectivity index (χ2v) is 6.44. The Balaban J connectivity index is 1.69. The van der Waals surface area contributed by atoms with Gasteiger partial charge >= 0.3 is 6.18 Å². The monoisotopic (exact) mass is 412 g/mol. The van der Waals surface area contributed by atoms with Gasteiger partial charge in [-0.1, -0.05) is 0 Å². The van der Waals surface area contributed by atoms with E-state index in [0.29, 0.717) is 10.7 Å². The minimum atomic E-state index is -4.62. The van der Waals surface area contributed by atoms with Crippen molar-refractivity contribution >= 4 is 17.4 Å². The molecule has 0 spiro atoms. The number of nitrogens with one attached hydrogen (secondary N) is 2. The number of furan rings is 1. The molecule has 4 rings (SSSR count). The first-order chi connectivity index (χ1) is 13.7. The summed E-state index contributed by atoms with van der Waals surface area (Å²) in [6, 6.07) is 2.75. The highest BCUT2D eigenvalue weighted by Gasteiger charge is 2.47. The summed E-state index contributed by atoms with van der Waals surface area (Å²) < 4.78 is 73.4. The molecule has 0 aliphatic carbocycles. The molecule has 1 aliphatic rings. The molecule has 29 heavy (non-hydrogen) atoms. The van der Waals surface area contributed by atoms with Gasteiger partial charge in [-0.05, 0) is 24.3 Å². The third-order valence-electron chi connectivity index (χ3n) is 4.55. The van der Waals surface area contributed by atoms with Crippen LogP contribution in [0, 0.1) is 11.6 Å². The highest BCUT2D eigenvalue weighted by atomic mass is 19.4. The van der Waals surface area contributed by atoms with Crippen LogP contribution in [0.15, 0.2) is 47.2 Å². The molecule has 0 fully saturated rings. The first-order valence-corrected chi connectivity index (χ1v) is 8.44. The van der Waals surface area contributed by atoms with Crippen molar-refractivity contribution in [1.29, 1.82) is 0 Å². The third kappa shape index (κ3) is 3.55. The van der Waals surface area contributed by atoms with Gasteiger partial charge in [0.15, 0.2) is 6.04 Å². The Morgan fingerprint density at radius 1 is 1.28 bits per heavy atom. The smallest absolute Gasteiger partial charge is 0.410 e. The van der Waals surface area contributed by atoms with Gasteiger partial charge < -0.3 is 15.1 Å². The Morgan fingerprint density at radius 2 is 2.07 bits per heavy atom. The van der Waals surface area contributed by atoms with Crippen LogP contribution in [-0.4, -0.2) is 21.9 Å². The van der Waals surface area contributed by atoms with Crippen LogP contribution >= 0.6 is 0 Å². The van der Waals surface area contributed by atoms with Gasteiger partial charge in [0.1, 0.15) is 28.8 Å². The van der Waals surface area contributed by atoms with Crippen LogP contribution in [0.2, 0.25) is 0 Å². The molecule has 0 bridgehead atoms. The quantitative estimate of drug-likeness (QED) is 0.614. The maximum Gasteiger partial charge on any atom is 0.410 e. The maximum absolute atomic E-state index is 13.8. The molecule has 3 heterocycles. The summed E-state index contributed by atoms with van der Waals surface area (Å²) >= 11 is 0. The number of carbonyl (C=O) groups excluding carboxylic acids is 1. The number of aromatic nitrogens is 2. The van der Waals surface area contributed by atoms with E-state index in [2.05, 4.69) is 15.7 Å². The number of alkyl halides is 3. The van der Waals surface area contributed by atoms with Crippen molar-refractivity contribution in [2.24, 2.45) is 0 Å². The molecule has 2 N–H and O–H groups in total. The number of benzene rings is 1. The van der Waals surface area contributed by atoms with Crippen LogP contribution in [0.4, 0.5) is 33.5 Å². The Bertz CT molecular complexity index is 1050. The van der Waals surface area contributed by atoms with Crippen molar-refractivity contribution < 1.29 is 31.2 Å². The molecule has 2 aromatic heterocycles. The lowest BCUT2D eigenvalue weighted by atomic mass is 10.0. The fraction of sp³-hybridized carbons (Fsp3) is 0.222. The minimum Gasteiger partial charge on any atom is -0.467 e. The van der Waals surface area contributed by atoms with Gasteiger partial charge in [0.2, 0.25) is 0 Å². The van der Waals surface area contributed by atoms with Crippen LogP contribution in [-0.2, 0) is 0 Å². The fourth-order valence-corrected chi connectivity index (χ4v) is 3.19. The second kappa shape index (κ2) is 6.90. The number of fused-ring (bicyclic) bond motifs is 1. The molecule has 0 saturated carbocycles. The summed E-state index contributed by atoms with van der Waals surface area (Å²) in [5, 5.41) is 8.76. The SMILES string of the molecule is O=C(Nc1ccc(F)cc1F)c1cnn2c1N[C@@H](c1ccco1)C[C@H]2C(F)(F)F. The van der Waals surface area contributed by atoms with Crippen LogP contribution in [0.1, 0.15) is 34.6 Å². The van der Waals surface area contributed by atoms with Crippen molar-refractivity contribution in [3.05, 3.63) is 65.7 Å². The van der Waals surface area contributed by atoms with Crippen molar-refractivity contribution in [2.75, 3.05) is 10.6 Å². The van der Waals surface area contributed by atoms with Crippen molar-refractivity contribution in [3.63, 3.8) is 0 Å². The molecule has 3 aromatic rings. The van der Waals surface area contributed by atoms with Crippen LogP contribution in [0.25, 0.3) is 0 Å². The van der Waals surface area contributed by atoms with Gasteiger partial charge in [0, 0.05) is 12.5 Å². The fourth-order valence-electron chi connectivity index (χ4n) is 3.19. The first kappa shape index (κ1) is 19.0. The number of hydrogen-bond acceptors (Lipinski definition) is 4. The maximum atomic E-state index is 13.8. The number of anilines is 2. The van der Waals surface area contributed by atoms with E-state index in [9.17, 15) is 26.7 Å². The Morgan fingerprint density at radius 3 is 2.72 bits per heavy atom. The largest absolute Gasteiger partial charge is 0.467 e. The summed E-state index contributed by atoms with van der Waals surface area (Å²) in [6.45, 7) is 0. The van der Waals surface area contributed by atoms with Crippen LogP contribution in [0.3, 0.4) is 0 Å². The Kier molecular flexibility index (Phi) is 4.52. The predicted molar refractivity (Wildman–Crippen MR) is 91.3 cm³/mol. The number of hydrogen-bond donors (Lipinski definition) is 2. The van der Waals surface area contributed by atoms with Gasteiger partial charge in [0.05, 0.1) is 24.2 Å². The summed E-state index contributed by atoms with van der Waals surface area (Å²) in [4.78, 5) is 12.6. The van der Waals surface area contributed by atoms with Gasteiger partial charge in [-0.2, -0.15) is 18.3 Å². The molecule has 152 valence electrons. The van der Waals surface area contributed by atoms with E-state index in [0.717, 1.165) is 18.3 Å². The second-order valence-electron chi connectivity index (χ2n) is 6.44. The molecule has 6 nitrogen and oxygen atoms in total. The molecular weight excluding hydrogens is 399 g/mol. The van der Waals surface area contributed by atoms with Crippen molar-refractivity contribution in [2.45, 2.75) is 24.7 Å². The van der Waals surface area contributed by atoms with E-state index in [1.165, 1.54) is 18.4 Å². The molecule has 2 atom stereocenters. The zero-order chi connectivity index (χ0) is 20.8. The molecule has 0 radical (unpaired) electrons. The molecule has 0 saturated heterocycles. The van der Waals surface area contributed by atoms with Gasteiger partial charge in [0.25, 0.3) is 5.91 Å². The Hall–Kier alpha value is -3.37. The first-order valence-electron chi connectivity index (χ1n) is 8.44. The average molecular weight is 412 g/mol. The third-order valence-corrected chi connectivity index (χ3v) is 4.55. The minimum absolute atomic E-state index is 0.181. The molecule has 0 unspecified atom stereocenters. The van der Waals surface area contributed by atoms with E-state index < -0.39 is 35.8 Å². The summed E-state index contributed by atoms with van der Waals surface area (Å²) in [6.07, 6.45) is -2.72. The van der Waals surface area contributed by atoms with E-state index in [1.807, 2.05) is 0 Å². The van der Waals surface area contributed by atoms with Crippen molar-refractivity contribution in [1.82, 2.24) is 9.78 Å². The lowest BCUT2D eigenvalue weighted by Gasteiger charge is -2.32. The average Bonchev–Trinajstić information content (AvgIpc) is 3.31. The number of rotatable bonds is 3. The number of nitrogens with zero attached hydrogens (tertiary/aromatic N) is 2. The van der Waals surface area contributed by atoms with Gasteiger partial charge in [-0.25, -0.2) is 13.5 Å². The zero-order valence-corrected chi connectivity index (χ0v) is 14.5.